The summed E-state index contributed by atoms with van der Waals surface area (Å²) in [5.41, 5.74) is 13.8. The van der Waals surface area contributed by atoms with E-state index < -0.39 is 0 Å². The SMILES string of the molecule is c1ccc(-c2ccccc2N(c2ccccc2)c2ccc(-c3ccc(N(c4ccccc4)c4ccccc4-c4ccccc4)cc3)cc2)cc1. The minimum absolute atomic E-state index is 1.10. The average Bonchev–Trinajstić information content (AvgIpc) is 3.21. The molecule has 0 spiro atoms. The number of benzene rings is 8. The summed E-state index contributed by atoms with van der Waals surface area (Å²) in [4.78, 5) is 4.69. The van der Waals surface area contributed by atoms with Crippen LogP contribution in [-0.2, 0) is 0 Å². The van der Waals surface area contributed by atoms with E-state index in [0.717, 1.165) is 34.1 Å². The highest BCUT2D eigenvalue weighted by atomic mass is 15.1. The molecule has 8 aromatic carbocycles. The van der Waals surface area contributed by atoms with Crippen molar-refractivity contribution in [2.45, 2.75) is 0 Å². The van der Waals surface area contributed by atoms with E-state index in [9.17, 15) is 0 Å². The molecule has 0 aliphatic heterocycles. The van der Waals surface area contributed by atoms with Crippen LogP contribution in [0.25, 0.3) is 33.4 Å². The number of nitrogens with zero attached hydrogens (tertiary/aromatic N) is 2. The molecule has 0 unspecified atom stereocenters. The molecule has 0 fully saturated rings. The number of anilines is 6. The molecule has 238 valence electrons. The Morgan fingerprint density at radius 3 is 0.840 bits per heavy atom. The van der Waals surface area contributed by atoms with Crippen LogP contribution in [0.1, 0.15) is 0 Å². The van der Waals surface area contributed by atoms with E-state index in [4.69, 9.17) is 0 Å². The monoisotopic (exact) mass is 640 g/mol. The zero-order chi connectivity index (χ0) is 33.5. The molecule has 2 nitrogen and oxygen atoms in total. The Morgan fingerprint density at radius 1 is 0.200 bits per heavy atom. The fourth-order valence-corrected chi connectivity index (χ4v) is 6.68. The van der Waals surface area contributed by atoms with E-state index in [0.29, 0.717) is 0 Å². The van der Waals surface area contributed by atoms with Crippen LogP contribution in [0, 0.1) is 0 Å². The predicted octanol–water partition coefficient (Wildman–Crippen LogP) is 13.6. The summed E-state index contributed by atoms with van der Waals surface area (Å²) in [7, 11) is 0. The average molecular weight is 641 g/mol. The first-order valence-electron chi connectivity index (χ1n) is 17.0. The van der Waals surface area contributed by atoms with Gasteiger partial charge >= 0.3 is 0 Å². The van der Waals surface area contributed by atoms with E-state index in [1.807, 2.05) is 0 Å². The third-order valence-electron chi connectivity index (χ3n) is 9.07. The van der Waals surface area contributed by atoms with Gasteiger partial charge in [0.05, 0.1) is 11.4 Å². The van der Waals surface area contributed by atoms with Crippen LogP contribution in [0.4, 0.5) is 34.1 Å². The quantitative estimate of drug-likeness (QED) is 0.155. The van der Waals surface area contributed by atoms with E-state index in [1.54, 1.807) is 0 Å². The highest BCUT2D eigenvalue weighted by Gasteiger charge is 2.18. The standard InChI is InChI=1S/C48H36N2/c1-5-17-39(18-6-1)45-25-13-15-27-47(45)49(41-21-9-3-10-22-41)43-33-29-37(30-34-43)38-31-35-44(36-32-38)50(42-23-11-4-12-24-42)48-28-16-14-26-46(48)40-19-7-2-8-20-40/h1-36H. The van der Waals surface area contributed by atoms with E-state index in [1.165, 1.54) is 33.4 Å². The molecule has 0 saturated carbocycles. The Labute approximate surface area is 294 Å². The lowest BCUT2D eigenvalue weighted by atomic mass is 10.0. The number of para-hydroxylation sites is 4. The van der Waals surface area contributed by atoms with Gasteiger partial charge < -0.3 is 9.80 Å². The molecular weight excluding hydrogens is 605 g/mol. The number of hydrogen-bond acceptors (Lipinski definition) is 2. The molecule has 8 rings (SSSR count). The number of hydrogen-bond donors (Lipinski definition) is 0. The highest BCUT2D eigenvalue weighted by Crippen LogP contribution is 2.43. The lowest BCUT2D eigenvalue weighted by molar-refractivity contribution is 1.28. The maximum absolute atomic E-state index is 2.34. The molecule has 0 aliphatic rings. The van der Waals surface area contributed by atoms with Crippen LogP contribution in [0.5, 0.6) is 0 Å². The molecule has 0 aliphatic carbocycles. The second kappa shape index (κ2) is 14.2. The molecule has 0 aromatic heterocycles. The third-order valence-corrected chi connectivity index (χ3v) is 9.07. The summed E-state index contributed by atoms with van der Waals surface area (Å²) in [6.45, 7) is 0. The molecule has 0 heterocycles. The molecule has 0 N–H and O–H groups in total. The summed E-state index contributed by atoms with van der Waals surface area (Å²) in [5, 5.41) is 0. The predicted molar refractivity (Wildman–Crippen MR) is 212 cm³/mol. The van der Waals surface area contributed by atoms with Crippen molar-refractivity contribution in [2.24, 2.45) is 0 Å². The first-order chi connectivity index (χ1) is 24.8. The van der Waals surface area contributed by atoms with Crippen molar-refractivity contribution >= 4 is 34.1 Å². The van der Waals surface area contributed by atoms with E-state index in [2.05, 4.69) is 228 Å². The summed E-state index contributed by atoms with van der Waals surface area (Å²) in [6, 6.07) is 77.5. The fourth-order valence-electron chi connectivity index (χ4n) is 6.68. The van der Waals surface area contributed by atoms with E-state index in [-0.39, 0.29) is 0 Å². The van der Waals surface area contributed by atoms with Gasteiger partial charge in [-0.05, 0) is 82.9 Å². The Kier molecular flexibility index (Phi) is 8.73. The van der Waals surface area contributed by atoms with Gasteiger partial charge in [-0.25, -0.2) is 0 Å². The van der Waals surface area contributed by atoms with Gasteiger partial charge in [-0.1, -0.05) is 158 Å². The van der Waals surface area contributed by atoms with Crippen LogP contribution in [-0.4, -0.2) is 0 Å². The molecule has 0 saturated heterocycles. The van der Waals surface area contributed by atoms with Crippen LogP contribution in [0.15, 0.2) is 218 Å². The Bertz CT molecular complexity index is 2110. The van der Waals surface area contributed by atoms with Gasteiger partial charge in [0.25, 0.3) is 0 Å². The lowest BCUT2D eigenvalue weighted by Gasteiger charge is -2.28. The molecule has 2 heteroatoms. The summed E-state index contributed by atoms with van der Waals surface area (Å²) < 4.78 is 0. The molecule has 0 bridgehead atoms. The van der Waals surface area contributed by atoms with Gasteiger partial charge in [-0.2, -0.15) is 0 Å². The first-order valence-corrected chi connectivity index (χ1v) is 17.0. The maximum atomic E-state index is 2.34. The fraction of sp³-hybridized carbons (Fsp3) is 0. The molecule has 50 heavy (non-hydrogen) atoms. The first kappa shape index (κ1) is 30.7. The second-order valence-electron chi connectivity index (χ2n) is 12.2. The summed E-state index contributed by atoms with van der Waals surface area (Å²) in [6.07, 6.45) is 0. The van der Waals surface area contributed by atoms with Crippen LogP contribution in [0.2, 0.25) is 0 Å². The Morgan fingerprint density at radius 2 is 0.480 bits per heavy atom. The molecule has 0 atom stereocenters. The van der Waals surface area contributed by atoms with Crippen molar-refractivity contribution in [1.82, 2.24) is 0 Å². The van der Waals surface area contributed by atoms with Gasteiger partial charge in [0.1, 0.15) is 0 Å². The van der Waals surface area contributed by atoms with Crippen molar-refractivity contribution in [3.8, 4) is 33.4 Å². The van der Waals surface area contributed by atoms with Gasteiger partial charge in [0.2, 0.25) is 0 Å². The highest BCUT2D eigenvalue weighted by molar-refractivity contribution is 5.90. The normalized spacial score (nSPS) is 10.8. The summed E-state index contributed by atoms with van der Waals surface area (Å²) >= 11 is 0. The Balaban J connectivity index is 1.15. The van der Waals surface area contributed by atoms with Crippen molar-refractivity contribution in [3.05, 3.63) is 218 Å². The van der Waals surface area contributed by atoms with Crippen molar-refractivity contribution < 1.29 is 0 Å². The van der Waals surface area contributed by atoms with Crippen molar-refractivity contribution in [2.75, 3.05) is 9.80 Å². The van der Waals surface area contributed by atoms with Gasteiger partial charge in [-0.3, -0.25) is 0 Å². The largest absolute Gasteiger partial charge is 0.310 e. The van der Waals surface area contributed by atoms with Gasteiger partial charge in [0, 0.05) is 33.9 Å². The van der Waals surface area contributed by atoms with Gasteiger partial charge in [-0.15, -0.1) is 0 Å². The smallest absolute Gasteiger partial charge is 0.0540 e. The second-order valence-corrected chi connectivity index (χ2v) is 12.2. The maximum Gasteiger partial charge on any atom is 0.0540 e. The summed E-state index contributed by atoms with van der Waals surface area (Å²) in [5.74, 6) is 0. The third kappa shape index (κ3) is 6.31. The van der Waals surface area contributed by atoms with Crippen LogP contribution >= 0.6 is 0 Å². The van der Waals surface area contributed by atoms with Crippen LogP contribution in [0.3, 0.4) is 0 Å². The molecular formula is C48H36N2. The van der Waals surface area contributed by atoms with Crippen molar-refractivity contribution in [3.63, 3.8) is 0 Å². The molecule has 0 radical (unpaired) electrons. The van der Waals surface area contributed by atoms with Crippen LogP contribution < -0.4 is 9.80 Å². The molecule has 8 aromatic rings. The topological polar surface area (TPSA) is 6.48 Å². The minimum Gasteiger partial charge on any atom is -0.310 e. The van der Waals surface area contributed by atoms with E-state index >= 15 is 0 Å². The minimum atomic E-state index is 1.10. The molecule has 0 amide bonds. The number of rotatable bonds is 9. The van der Waals surface area contributed by atoms with Gasteiger partial charge in [0.15, 0.2) is 0 Å². The van der Waals surface area contributed by atoms with Crippen molar-refractivity contribution in [1.29, 1.82) is 0 Å². The lowest BCUT2D eigenvalue weighted by Crippen LogP contribution is -2.11. The Hall–Kier alpha value is -6.64. The zero-order valence-corrected chi connectivity index (χ0v) is 27.7. The zero-order valence-electron chi connectivity index (χ0n) is 27.7.